The minimum atomic E-state index is 0.448. The first-order valence-electron chi connectivity index (χ1n) is 7.20. The molecule has 1 aromatic carbocycles. The maximum atomic E-state index is 6.02. The van der Waals surface area contributed by atoms with Crippen molar-refractivity contribution < 1.29 is 4.74 Å². The van der Waals surface area contributed by atoms with Gasteiger partial charge in [0.05, 0.1) is 6.10 Å². The molecule has 0 unspecified atom stereocenters. The Labute approximate surface area is 111 Å². The molecule has 0 spiro atoms. The zero-order chi connectivity index (χ0) is 12.8. The van der Waals surface area contributed by atoms with Gasteiger partial charge in [0.2, 0.25) is 0 Å². The highest BCUT2D eigenvalue weighted by Gasteiger charge is 2.16. The van der Waals surface area contributed by atoms with Crippen LogP contribution in [-0.2, 0) is 6.54 Å². The topological polar surface area (TPSA) is 21.3 Å². The Morgan fingerprint density at radius 1 is 1.28 bits per heavy atom. The van der Waals surface area contributed by atoms with Gasteiger partial charge in [-0.3, -0.25) is 0 Å². The van der Waals surface area contributed by atoms with E-state index in [1.807, 2.05) is 0 Å². The third-order valence-electron chi connectivity index (χ3n) is 3.39. The van der Waals surface area contributed by atoms with Crippen LogP contribution in [0.15, 0.2) is 24.3 Å². The quantitative estimate of drug-likeness (QED) is 0.826. The van der Waals surface area contributed by atoms with Gasteiger partial charge in [0.1, 0.15) is 5.75 Å². The number of benzene rings is 1. The van der Waals surface area contributed by atoms with Crippen LogP contribution in [0.4, 0.5) is 0 Å². The molecule has 0 aromatic heterocycles. The van der Waals surface area contributed by atoms with E-state index in [1.165, 1.54) is 31.2 Å². The number of nitrogens with one attached hydrogen (secondary N) is 1. The van der Waals surface area contributed by atoms with E-state index in [1.54, 1.807) is 0 Å². The molecule has 0 aliphatic heterocycles. The molecule has 1 N–H and O–H groups in total. The van der Waals surface area contributed by atoms with Crippen LogP contribution in [0.3, 0.4) is 0 Å². The lowest BCUT2D eigenvalue weighted by Gasteiger charge is -2.14. The molecule has 0 saturated heterocycles. The third-order valence-corrected chi connectivity index (χ3v) is 3.39. The summed E-state index contributed by atoms with van der Waals surface area (Å²) < 4.78 is 6.02. The molecule has 1 saturated carbocycles. The van der Waals surface area contributed by atoms with Crippen LogP contribution < -0.4 is 10.1 Å². The van der Waals surface area contributed by atoms with Crippen LogP contribution in [0.5, 0.6) is 5.75 Å². The van der Waals surface area contributed by atoms with Crippen molar-refractivity contribution in [1.82, 2.24) is 5.32 Å². The van der Waals surface area contributed by atoms with Crippen LogP contribution >= 0.6 is 0 Å². The van der Waals surface area contributed by atoms with Crippen molar-refractivity contribution in [3.63, 3.8) is 0 Å². The normalized spacial score (nSPS) is 16.4. The highest BCUT2D eigenvalue weighted by Crippen LogP contribution is 2.24. The van der Waals surface area contributed by atoms with Gasteiger partial charge in [-0.05, 0) is 55.8 Å². The maximum Gasteiger partial charge on any atom is 0.120 e. The molecule has 100 valence electrons. The van der Waals surface area contributed by atoms with E-state index in [4.69, 9.17) is 4.74 Å². The van der Waals surface area contributed by atoms with Gasteiger partial charge in [0.25, 0.3) is 0 Å². The molecule has 1 aromatic rings. The first-order chi connectivity index (χ1) is 8.74. The van der Waals surface area contributed by atoms with Gasteiger partial charge in [-0.15, -0.1) is 0 Å². The summed E-state index contributed by atoms with van der Waals surface area (Å²) in [5, 5.41) is 3.47. The second-order valence-corrected chi connectivity index (χ2v) is 5.70. The first-order valence-corrected chi connectivity index (χ1v) is 7.20. The Bertz CT molecular complexity index is 356. The molecule has 0 atom stereocenters. The largest absolute Gasteiger partial charge is 0.490 e. The van der Waals surface area contributed by atoms with Crippen LogP contribution in [-0.4, -0.2) is 12.6 Å². The van der Waals surface area contributed by atoms with E-state index in [9.17, 15) is 0 Å². The molecule has 0 radical (unpaired) electrons. The zero-order valence-corrected chi connectivity index (χ0v) is 11.6. The number of hydrogen-bond donors (Lipinski definition) is 1. The standard InChI is InChI=1S/C16H25NO/c1-13(2)11-17-12-14-6-5-9-16(10-14)18-15-7-3-4-8-15/h5-6,9-10,13,15,17H,3-4,7-8,11-12H2,1-2H3. The SMILES string of the molecule is CC(C)CNCc1cccc(OC2CCCC2)c1. The second-order valence-electron chi connectivity index (χ2n) is 5.70. The molecule has 0 amide bonds. The van der Waals surface area contributed by atoms with Gasteiger partial charge >= 0.3 is 0 Å². The Morgan fingerprint density at radius 2 is 2.06 bits per heavy atom. The van der Waals surface area contributed by atoms with E-state index in [-0.39, 0.29) is 0 Å². The monoisotopic (exact) mass is 247 g/mol. The minimum Gasteiger partial charge on any atom is -0.490 e. The molecule has 2 rings (SSSR count). The molecule has 2 nitrogen and oxygen atoms in total. The van der Waals surface area contributed by atoms with Crippen molar-refractivity contribution in [2.75, 3.05) is 6.54 Å². The molecule has 0 heterocycles. The summed E-state index contributed by atoms with van der Waals surface area (Å²) in [6.07, 6.45) is 5.52. The molecule has 18 heavy (non-hydrogen) atoms. The lowest BCUT2D eigenvalue weighted by molar-refractivity contribution is 0.210. The fraction of sp³-hybridized carbons (Fsp3) is 0.625. The van der Waals surface area contributed by atoms with E-state index in [2.05, 4.69) is 43.4 Å². The second kappa shape index (κ2) is 6.79. The summed E-state index contributed by atoms with van der Waals surface area (Å²) in [4.78, 5) is 0. The van der Waals surface area contributed by atoms with Gasteiger partial charge in [0.15, 0.2) is 0 Å². The van der Waals surface area contributed by atoms with Gasteiger partial charge in [-0.25, -0.2) is 0 Å². The van der Waals surface area contributed by atoms with Crippen molar-refractivity contribution in [3.8, 4) is 5.75 Å². The Balaban J connectivity index is 1.84. The molecule has 2 heteroatoms. The summed E-state index contributed by atoms with van der Waals surface area (Å²) in [6, 6.07) is 8.50. The number of hydrogen-bond acceptors (Lipinski definition) is 2. The van der Waals surface area contributed by atoms with Crippen molar-refractivity contribution in [2.24, 2.45) is 5.92 Å². The van der Waals surface area contributed by atoms with Crippen LogP contribution in [0.25, 0.3) is 0 Å². The molecule has 1 fully saturated rings. The van der Waals surface area contributed by atoms with Gasteiger partial charge in [-0.2, -0.15) is 0 Å². The van der Waals surface area contributed by atoms with Gasteiger partial charge < -0.3 is 10.1 Å². The summed E-state index contributed by atoms with van der Waals surface area (Å²) in [6.45, 7) is 6.45. The first kappa shape index (κ1) is 13.4. The molecule has 1 aliphatic rings. The van der Waals surface area contributed by atoms with Gasteiger partial charge in [-0.1, -0.05) is 26.0 Å². The van der Waals surface area contributed by atoms with Crippen molar-refractivity contribution >= 4 is 0 Å². The Kier molecular flexibility index (Phi) is 5.06. The van der Waals surface area contributed by atoms with E-state index >= 15 is 0 Å². The van der Waals surface area contributed by atoms with Crippen molar-refractivity contribution in [2.45, 2.75) is 52.2 Å². The van der Waals surface area contributed by atoms with Crippen molar-refractivity contribution in [3.05, 3.63) is 29.8 Å². The average Bonchev–Trinajstić information content (AvgIpc) is 2.82. The fourth-order valence-electron chi connectivity index (χ4n) is 2.43. The number of ether oxygens (including phenoxy) is 1. The summed E-state index contributed by atoms with van der Waals surface area (Å²) in [7, 11) is 0. The molecule has 1 aliphatic carbocycles. The highest BCUT2D eigenvalue weighted by molar-refractivity contribution is 5.28. The minimum absolute atomic E-state index is 0.448. The fourth-order valence-corrected chi connectivity index (χ4v) is 2.43. The zero-order valence-electron chi connectivity index (χ0n) is 11.6. The van der Waals surface area contributed by atoms with Gasteiger partial charge in [0, 0.05) is 6.54 Å². The van der Waals surface area contributed by atoms with Crippen LogP contribution in [0.1, 0.15) is 45.1 Å². The van der Waals surface area contributed by atoms with Crippen LogP contribution in [0.2, 0.25) is 0 Å². The van der Waals surface area contributed by atoms with E-state index in [0.717, 1.165) is 18.8 Å². The predicted octanol–water partition coefficient (Wildman–Crippen LogP) is 3.75. The average molecular weight is 247 g/mol. The molecule has 0 bridgehead atoms. The predicted molar refractivity (Wildman–Crippen MR) is 75.9 cm³/mol. The summed E-state index contributed by atoms with van der Waals surface area (Å²) in [5.41, 5.74) is 1.31. The smallest absolute Gasteiger partial charge is 0.120 e. The lowest BCUT2D eigenvalue weighted by atomic mass is 10.2. The summed E-state index contributed by atoms with van der Waals surface area (Å²) >= 11 is 0. The highest BCUT2D eigenvalue weighted by atomic mass is 16.5. The lowest BCUT2D eigenvalue weighted by Crippen LogP contribution is -2.19. The summed E-state index contributed by atoms with van der Waals surface area (Å²) in [5.74, 6) is 1.73. The van der Waals surface area contributed by atoms with Crippen molar-refractivity contribution in [1.29, 1.82) is 0 Å². The third kappa shape index (κ3) is 4.34. The number of rotatable bonds is 6. The Hall–Kier alpha value is -1.02. The van der Waals surface area contributed by atoms with E-state index in [0.29, 0.717) is 12.0 Å². The molecular formula is C16H25NO. The Morgan fingerprint density at radius 3 is 2.78 bits per heavy atom. The maximum absolute atomic E-state index is 6.02. The molecular weight excluding hydrogens is 222 g/mol. The van der Waals surface area contributed by atoms with Crippen LogP contribution in [0, 0.1) is 5.92 Å². The van der Waals surface area contributed by atoms with E-state index < -0.39 is 0 Å².